The van der Waals surface area contributed by atoms with Gasteiger partial charge in [-0.1, -0.05) is 60.7 Å². The minimum Gasteiger partial charge on any atom is -0.497 e. The molecule has 6 heteroatoms. The summed E-state index contributed by atoms with van der Waals surface area (Å²) in [4.78, 5) is 13.0. The molecule has 4 aromatic rings. The Morgan fingerprint density at radius 1 is 0.912 bits per heavy atom. The summed E-state index contributed by atoms with van der Waals surface area (Å²) in [5, 5.41) is 7.61. The van der Waals surface area contributed by atoms with E-state index in [1.807, 2.05) is 24.3 Å². The molecule has 174 valence electrons. The largest absolute Gasteiger partial charge is 0.497 e. The van der Waals surface area contributed by atoms with Gasteiger partial charge in [-0.3, -0.25) is 9.48 Å². The standard InChI is InChI=1S/C28H29N3O3/c1-31-26(19-25(30-31)24-15-14-22(33-2)18-27(24)34-3)28(32)29-17-16-23(20-10-6-4-7-11-20)21-12-8-5-9-13-21/h4-15,18-19,23H,16-17H2,1-3H3,(H,29,32). The molecular weight excluding hydrogens is 426 g/mol. The summed E-state index contributed by atoms with van der Waals surface area (Å²) < 4.78 is 12.4. The van der Waals surface area contributed by atoms with Gasteiger partial charge in [0.15, 0.2) is 0 Å². The minimum absolute atomic E-state index is 0.159. The van der Waals surface area contributed by atoms with Crippen LogP contribution >= 0.6 is 0 Å². The second kappa shape index (κ2) is 10.7. The molecule has 0 fully saturated rings. The van der Waals surface area contributed by atoms with Crippen LogP contribution in [-0.4, -0.2) is 36.5 Å². The number of hydrogen-bond donors (Lipinski definition) is 1. The van der Waals surface area contributed by atoms with Crippen molar-refractivity contribution < 1.29 is 14.3 Å². The summed E-state index contributed by atoms with van der Waals surface area (Å²) in [5.41, 5.74) is 4.42. The van der Waals surface area contributed by atoms with Crippen LogP contribution < -0.4 is 14.8 Å². The molecule has 0 aliphatic heterocycles. The van der Waals surface area contributed by atoms with Gasteiger partial charge in [0, 0.05) is 31.1 Å². The van der Waals surface area contributed by atoms with Crippen molar-refractivity contribution in [2.45, 2.75) is 12.3 Å². The van der Waals surface area contributed by atoms with Crippen molar-refractivity contribution in [3.05, 3.63) is 102 Å². The first kappa shape index (κ1) is 23.1. The molecule has 4 rings (SSSR count). The van der Waals surface area contributed by atoms with Crippen LogP contribution in [0.15, 0.2) is 84.9 Å². The summed E-state index contributed by atoms with van der Waals surface area (Å²) in [7, 11) is 4.98. The lowest BCUT2D eigenvalue weighted by Crippen LogP contribution is -2.27. The van der Waals surface area contributed by atoms with Gasteiger partial charge in [-0.05, 0) is 35.7 Å². The van der Waals surface area contributed by atoms with E-state index in [1.54, 1.807) is 38.1 Å². The van der Waals surface area contributed by atoms with Crippen molar-refractivity contribution >= 4 is 5.91 Å². The molecule has 1 aromatic heterocycles. The molecule has 0 spiro atoms. The molecule has 0 aliphatic rings. The molecule has 0 radical (unpaired) electrons. The molecule has 0 aliphatic carbocycles. The zero-order chi connectivity index (χ0) is 23.9. The van der Waals surface area contributed by atoms with E-state index in [1.165, 1.54) is 11.1 Å². The lowest BCUT2D eigenvalue weighted by atomic mass is 9.88. The number of amides is 1. The summed E-state index contributed by atoms with van der Waals surface area (Å²) >= 11 is 0. The summed E-state index contributed by atoms with van der Waals surface area (Å²) in [6.45, 7) is 0.541. The van der Waals surface area contributed by atoms with Gasteiger partial charge in [0.05, 0.1) is 19.9 Å². The zero-order valence-electron chi connectivity index (χ0n) is 19.7. The molecule has 34 heavy (non-hydrogen) atoms. The van der Waals surface area contributed by atoms with Crippen molar-refractivity contribution in [2.75, 3.05) is 20.8 Å². The average Bonchev–Trinajstić information content (AvgIpc) is 3.28. The highest BCUT2D eigenvalue weighted by atomic mass is 16.5. The van der Waals surface area contributed by atoms with Crippen molar-refractivity contribution in [1.82, 2.24) is 15.1 Å². The number of nitrogens with zero attached hydrogens (tertiary/aromatic N) is 2. The lowest BCUT2D eigenvalue weighted by Gasteiger charge is -2.18. The maximum atomic E-state index is 13.0. The first-order valence-corrected chi connectivity index (χ1v) is 11.2. The van der Waals surface area contributed by atoms with Gasteiger partial charge >= 0.3 is 0 Å². The van der Waals surface area contributed by atoms with Gasteiger partial charge in [-0.2, -0.15) is 5.10 Å². The van der Waals surface area contributed by atoms with Crippen LogP contribution in [0.25, 0.3) is 11.3 Å². The third kappa shape index (κ3) is 5.12. The molecule has 0 saturated carbocycles. The van der Waals surface area contributed by atoms with Gasteiger partial charge in [0.1, 0.15) is 17.2 Å². The molecule has 6 nitrogen and oxygen atoms in total. The van der Waals surface area contributed by atoms with E-state index in [0.717, 1.165) is 12.0 Å². The lowest BCUT2D eigenvalue weighted by molar-refractivity contribution is 0.0943. The Hall–Kier alpha value is -4.06. The highest BCUT2D eigenvalue weighted by Gasteiger charge is 2.18. The van der Waals surface area contributed by atoms with E-state index < -0.39 is 0 Å². The highest BCUT2D eigenvalue weighted by molar-refractivity contribution is 5.93. The quantitative estimate of drug-likeness (QED) is 0.383. The van der Waals surface area contributed by atoms with E-state index >= 15 is 0 Å². The van der Waals surface area contributed by atoms with Crippen LogP contribution in [0.3, 0.4) is 0 Å². The first-order valence-electron chi connectivity index (χ1n) is 11.2. The molecule has 0 bridgehead atoms. The Kier molecular flexibility index (Phi) is 7.28. The Morgan fingerprint density at radius 2 is 1.56 bits per heavy atom. The first-order chi connectivity index (χ1) is 16.6. The predicted octanol–water partition coefficient (Wildman–Crippen LogP) is 5.06. The van der Waals surface area contributed by atoms with Crippen molar-refractivity contribution in [3.8, 4) is 22.8 Å². The van der Waals surface area contributed by atoms with Gasteiger partial charge < -0.3 is 14.8 Å². The molecule has 3 aromatic carbocycles. The van der Waals surface area contributed by atoms with Crippen LogP contribution in [0.1, 0.15) is 34.0 Å². The minimum atomic E-state index is -0.159. The second-order valence-corrected chi connectivity index (χ2v) is 8.02. The zero-order valence-corrected chi connectivity index (χ0v) is 19.7. The maximum Gasteiger partial charge on any atom is 0.269 e. The van der Waals surface area contributed by atoms with E-state index in [4.69, 9.17) is 9.47 Å². The predicted molar refractivity (Wildman–Crippen MR) is 133 cm³/mol. The number of carbonyl (C=O) groups excluding carboxylic acids is 1. The number of carbonyl (C=O) groups is 1. The number of hydrogen-bond acceptors (Lipinski definition) is 4. The molecular formula is C28H29N3O3. The number of benzene rings is 3. The number of nitrogens with one attached hydrogen (secondary N) is 1. The van der Waals surface area contributed by atoms with E-state index in [0.29, 0.717) is 29.4 Å². The monoisotopic (exact) mass is 455 g/mol. The summed E-state index contributed by atoms with van der Waals surface area (Å²) in [6, 6.07) is 28.1. The van der Waals surface area contributed by atoms with Gasteiger partial charge in [0.25, 0.3) is 5.91 Å². The Balaban J connectivity index is 1.48. The molecule has 1 amide bonds. The summed E-state index contributed by atoms with van der Waals surface area (Å²) in [5.74, 6) is 1.38. The third-order valence-electron chi connectivity index (χ3n) is 5.92. The Morgan fingerprint density at radius 3 is 2.15 bits per heavy atom. The smallest absolute Gasteiger partial charge is 0.269 e. The SMILES string of the molecule is COc1ccc(-c2cc(C(=O)NCCC(c3ccccc3)c3ccccc3)n(C)n2)c(OC)c1. The molecule has 1 N–H and O–H groups in total. The van der Waals surface area contributed by atoms with Crippen LogP contribution in [0.2, 0.25) is 0 Å². The van der Waals surface area contributed by atoms with E-state index in [-0.39, 0.29) is 11.8 Å². The van der Waals surface area contributed by atoms with Crippen LogP contribution in [-0.2, 0) is 7.05 Å². The number of aromatic nitrogens is 2. The highest BCUT2D eigenvalue weighted by Crippen LogP contribution is 2.33. The van der Waals surface area contributed by atoms with E-state index in [2.05, 4.69) is 58.9 Å². The van der Waals surface area contributed by atoms with Crippen LogP contribution in [0, 0.1) is 0 Å². The molecule has 0 saturated heterocycles. The van der Waals surface area contributed by atoms with E-state index in [9.17, 15) is 4.79 Å². The topological polar surface area (TPSA) is 65.4 Å². The number of methoxy groups -OCH3 is 2. The number of aryl methyl sites for hydroxylation is 1. The van der Waals surface area contributed by atoms with Crippen LogP contribution in [0.4, 0.5) is 0 Å². The fourth-order valence-corrected chi connectivity index (χ4v) is 4.14. The molecule has 0 unspecified atom stereocenters. The number of ether oxygens (including phenoxy) is 2. The Labute approximate surface area is 200 Å². The maximum absolute atomic E-state index is 13.0. The summed E-state index contributed by atoms with van der Waals surface area (Å²) in [6.07, 6.45) is 0.788. The fraction of sp³-hybridized carbons (Fsp3) is 0.214. The van der Waals surface area contributed by atoms with Crippen molar-refractivity contribution in [2.24, 2.45) is 7.05 Å². The Bertz CT molecular complexity index is 1200. The molecule has 1 heterocycles. The van der Waals surface area contributed by atoms with Gasteiger partial charge in [-0.25, -0.2) is 0 Å². The van der Waals surface area contributed by atoms with Crippen molar-refractivity contribution in [1.29, 1.82) is 0 Å². The van der Waals surface area contributed by atoms with Gasteiger partial charge in [0.2, 0.25) is 0 Å². The molecule has 0 atom stereocenters. The van der Waals surface area contributed by atoms with Gasteiger partial charge in [-0.15, -0.1) is 0 Å². The van der Waals surface area contributed by atoms with Crippen LogP contribution in [0.5, 0.6) is 11.5 Å². The average molecular weight is 456 g/mol. The van der Waals surface area contributed by atoms with Crippen molar-refractivity contribution in [3.63, 3.8) is 0 Å². The normalized spacial score (nSPS) is 10.8. The second-order valence-electron chi connectivity index (χ2n) is 8.02. The fourth-order valence-electron chi connectivity index (χ4n) is 4.14. The number of rotatable bonds is 9. The third-order valence-corrected chi connectivity index (χ3v) is 5.92.